The van der Waals surface area contributed by atoms with E-state index in [4.69, 9.17) is 0 Å². The summed E-state index contributed by atoms with van der Waals surface area (Å²) in [5, 5.41) is 9.45. The highest BCUT2D eigenvalue weighted by Gasteiger charge is 2.25. The van der Waals surface area contributed by atoms with Crippen molar-refractivity contribution in [1.29, 1.82) is 0 Å². The van der Waals surface area contributed by atoms with E-state index in [1.165, 1.54) is 6.07 Å². The van der Waals surface area contributed by atoms with E-state index in [0.29, 0.717) is 5.92 Å². The molecular weight excluding hydrogens is 231 g/mol. The highest BCUT2D eigenvalue weighted by Crippen LogP contribution is 2.21. The number of hydrogen-bond donors (Lipinski definition) is 1. The maximum Gasteiger partial charge on any atom is 0.125 e. The molecule has 2 unspecified atom stereocenters. The summed E-state index contributed by atoms with van der Waals surface area (Å²) in [7, 11) is 2.03. The summed E-state index contributed by atoms with van der Waals surface area (Å²) in [5.41, 5.74) is 0.899. The Balaban J connectivity index is 2.21. The van der Waals surface area contributed by atoms with Crippen molar-refractivity contribution < 1.29 is 9.50 Å². The van der Waals surface area contributed by atoms with E-state index in [9.17, 15) is 9.50 Å². The van der Waals surface area contributed by atoms with Crippen LogP contribution in [-0.4, -0.2) is 49.3 Å². The number of benzene rings is 1. The number of aliphatic hydroxyl groups is 1. The van der Waals surface area contributed by atoms with Crippen molar-refractivity contribution in [3.63, 3.8) is 0 Å². The van der Waals surface area contributed by atoms with Gasteiger partial charge in [-0.15, -0.1) is 0 Å². The molecule has 0 aliphatic carbocycles. The zero-order chi connectivity index (χ0) is 13.1. The van der Waals surface area contributed by atoms with Gasteiger partial charge in [0, 0.05) is 31.4 Å². The summed E-state index contributed by atoms with van der Waals surface area (Å²) in [4.78, 5) is 4.35. The lowest BCUT2D eigenvalue weighted by Gasteiger charge is -2.28. The van der Waals surface area contributed by atoms with Crippen LogP contribution in [0, 0.1) is 11.7 Å². The molecular formula is C14H21FN2O. The van der Waals surface area contributed by atoms with Crippen LogP contribution in [-0.2, 0) is 0 Å². The van der Waals surface area contributed by atoms with Gasteiger partial charge in [0.25, 0.3) is 0 Å². The summed E-state index contributed by atoms with van der Waals surface area (Å²) in [6.45, 7) is 4.90. The fourth-order valence-corrected chi connectivity index (χ4v) is 2.62. The topological polar surface area (TPSA) is 26.7 Å². The summed E-state index contributed by atoms with van der Waals surface area (Å²) >= 11 is 0. The fourth-order valence-electron chi connectivity index (χ4n) is 2.62. The molecule has 0 amide bonds. The molecule has 1 saturated heterocycles. The first-order valence-corrected chi connectivity index (χ1v) is 6.41. The van der Waals surface area contributed by atoms with Crippen LogP contribution in [0.3, 0.4) is 0 Å². The molecule has 1 aromatic carbocycles. The molecule has 0 saturated carbocycles. The normalized spacial score (nSPS) is 26.1. The molecule has 0 radical (unpaired) electrons. The molecule has 1 N–H and O–H groups in total. The average Bonchev–Trinajstić information content (AvgIpc) is 2.47. The Kier molecular flexibility index (Phi) is 4.19. The maximum atomic E-state index is 13.3. The van der Waals surface area contributed by atoms with E-state index >= 15 is 0 Å². The van der Waals surface area contributed by atoms with Crippen LogP contribution >= 0.6 is 0 Å². The molecule has 0 aromatic heterocycles. The van der Waals surface area contributed by atoms with E-state index in [-0.39, 0.29) is 18.5 Å². The monoisotopic (exact) mass is 252 g/mol. The second-order valence-corrected chi connectivity index (χ2v) is 5.27. The Morgan fingerprint density at radius 2 is 2.11 bits per heavy atom. The lowest BCUT2D eigenvalue weighted by atomic mass is 10.1. The van der Waals surface area contributed by atoms with Gasteiger partial charge in [0.05, 0.1) is 6.61 Å². The summed E-state index contributed by atoms with van der Waals surface area (Å²) < 4.78 is 13.3. The molecule has 0 bridgehead atoms. The summed E-state index contributed by atoms with van der Waals surface area (Å²) in [6.07, 6.45) is 0. The van der Waals surface area contributed by atoms with E-state index in [1.54, 1.807) is 12.1 Å². The predicted molar refractivity (Wildman–Crippen MR) is 71.3 cm³/mol. The lowest BCUT2D eigenvalue weighted by Crippen LogP contribution is -2.41. The Morgan fingerprint density at radius 1 is 1.33 bits per heavy atom. The number of aliphatic hydroxyl groups excluding tert-OH is 1. The minimum absolute atomic E-state index is 0.109. The van der Waals surface area contributed by atoms with Gasteiger partial charge in [0.1, 0.15) is 5.82 Å². The SMILES string of the molecule is CC1CN(c2cccc(F)c2)CC(CO)N(C)C1. The van der Waals surface area contributed by atoms with Crippen molar-refractivity contribution in [3.8, 4) is 0 Å². The maximum absolute atomic E-state index is 13.3. The minimum Gasteiger partial charge on any atom is -0.395 e. The van der Waals surface area contributed by atoms with Crippen LogP contribution in [0.5, 0.6) is 0 Å². The van der Waals surface area contributed by atoms with Crippen LogP contribution in [0.15, 0.2) is 24.3 Å². The molecule has 1 aromatic rings. The zero-order valence-electron chi connectivity index (χ0n) is 11.0. The van der Waals surface area contributed by atoms with E-state index in [1.807, 2.05) is 13.1 Å². The Labute approximate surface area is 108 Å². The van der Waals surface area contributed by atoms with Crippen LogP contribution in [0.2, 0.25) is 0 Å². The average molecular weight is 252 g/mol. The second-order valence-electron chi connectivity index (χ2n) is 5.27. The zero-order valence-corrected chi connectivity index (χ0v) is 11.0. The van der Waals surface area contributed by atoms with E-state index in [2.05, 4.69) is 16.7 Å². The fraction of sp³-hybridized carbons (Fsp3) is 0.571. The van der Waals surface area contributed by atoms with Crippen molar-refractivity contribution >= 4 is 5.69 Å². The summed E-state index contributed by atoms with van der Waals surface area (Å²) in [5.74, 6) is 0.285. The van der Waals surface area contributed by atoms with Gasteiger partial charge in [-0.25, -0.2) is 4.39 Å². The number of nitrogens with zero attached hydrogens (tertiary/aromatic N) is 2. The van der Waals surface area contributed by atoms with Crippen LogP contribution in [0.1, 0.15) is 6.92 Å². The number of halogens is 1. The number of anilines is 1. The van der Waals surface area contributed by atoms with Gasteiger partial charge in [-0.3, -0.25) is 4.90 Å². The third-order valence-electron chi connectivity index (χ3n) is 3.57. The molecule has 1 heterocycles. The van der Waals surface area contributed by atoms with Gasteiger partial charge in [0.2, 0.25) is 0 Å². The Bertz CT molecular complexity index is 399. The highest BCUT2D eigenvalue weighted by molar-refractivity contribution is 5.47. The molecule has 1 aliphatic heterocycles. The van der Waals surface area contributed by atoms with Gasteiger partial charge in [-0.2, -0.15) is 0 Å². The first-order chi connectivity index (χ1) is 8.60. The smallest absolute Gasteiger partial charge is 0.125 e. The number of hydrogen-bond acceptors (Lipinski definition) is 3. The molecule has 1 aliphatic rings. The van der Waals surface area contributed by atoms with Crippen molar-refractivity contribution in [2.24, 2.45) is 5.92 Å². The third-order valence-corrected chi connectivity index (χ3v) is 3.57. The molecule has 4 heteroatoms. The highest BCUT2D eigenvalue weighted by atomic mass is 19.1. The van der Waals surface area contributed by atoms with Crippen molar-refractivity contribution in [2.75, 3.05) is 38.2 Å². The first kappa shape index (κ1) is 13.3. The van der Waals surface area contributed by atoms with E-state index in [0.717, 1.165) is 25.3 Å². The largest absolute Gasteiger partial charge is 0.395 e. The minimum atomic E-state index is -0.210. The molecule has 1 fully saturated rings. The quantitative estimate of drug-likeness (QED) is 0.865. The van der Waals surface area contributed by atoms with Crippen molar-refractivity contribution in [3.05, 3.63) is 30.1 Å². The molecule has 3 nitrogen and oxygen atoms in total. The summed E-state index contributed by atoms with van der Waals surface area (Å²) in [6, 6.07) is 6.79. The Morgan fingerprint density at radius 3 is 2.78 bits per heavy atom. The molecule has 18 heavy (non-hydrogen) atoms. The van der Waals surface area contributed by atoms with Crippen LogP contribution in [0.4, 0.5) is 10.1 Å². The van der Waals surface area contributed by atoms with Gasteiger partial charge in [0.15, 0.2) is 0 Å². The molecule has 0 spiro atoms. The number of likely N-dealkylation sites (N-methyl/N-ethyl adjacent to an activating group) is 1. The first-order valence-electron chi connectivity index (χ1n) is 6.41. The van der Waals surface area contributed by atoms with E-state index < -0.39 is 0 Å². The van der Waals surface area contributed by atoms with Crippen LogP contribution in [0.25, 0.3) is 0 Å². The van der Waals surface area contributed by atoms with Crippen LogP contribution < -0.4 is 4.90 Å². The standard InChI is InChI=1S/C14H21FN2O/c1-11-7-16(2)14(10-18)9-17(8-11)13-5-3-4-12(15)6-13/h3-6,11,14,18H,7-10H2,1-2H3. The second kappa shape index (κ2) is 5.67. The molecule has 2 atom stereocenters. The third kappa shape index (κ3) is 3.00. The van der Waals surface area contributed by atoms with Crippen molar-refractivity contribution in [1.82, 2.24) is 4.90 Å². The molecule has 2 rings (SSSR count). The van der Waals surface area contributed by atoms with Gasteiger partial charge >= 0.3 is 0 Å². The molecule has 100 valence electrons. The Hall–Kier alpha value is -1.13. The lowest BCUT2D eigenvalue weighted by molar-refractivity contribution is 0.151. The van der Waals surface area contributed by atoms with Gasteiger partial charge in [-0.1, -0.05) is 13.0 Å². The number of rotatable bonds is 2. The van der Waals surface area contributed by atoms with Gasteiger partial charge in [-0.05, 0) is 31.2 Å². The predicted octanol–water partition coefficient (Wildman–Crippen LogP) is 1.57. The van der Waals surface area contributed by atoms with Gasteiger partial charge < -0.3 is 10.0 Å². The van der Waals surface area contributed by atoms with Crippen molar-refractivity contribution in [2.45, 2.75) is 13.0 Å².